The fourth-order valence-electron chi connectivity index (χ4n) is 1.49. The lowest BCUT2D eigenvalue weighted by atomic mass is 9.96. The van der Waals surface area contributed by atoms with E-state index in [1.165, 1.54) is 5.56 Å². The van der Waals surface area contributed by atoms with Crippen molar-refractivity contribution in [2.24, 2.45) is 5.73 Å². The molecule has 5 heteroatoms. The molecule has 1 aromatic carbocycles. The summed E-state index contributed by atoms with van der Waals surface area (Å²) in [6, 6.07) is 10.1. The molecule has 1 amide bonds. The number of nitrogens with one attached hydrogen (secondary N) is 2. The Kier molecular flexibility index (Phi) is 5.42. The minimum atomic E-state index is -0.111. The summed E-state index contributed by atoms with van der Waals surface area (Å²) < 4.78 is 0. The maximum atomic E-state index is 11.4. The van der Waals surface area contributed by atoms with Crippen LogP contribution in [0.15, 0.2) is 30.3 Å². The fourth-order valence-corrected chi connectivity index (χ4v) is 1.54. The van der Waals surface area contributed by atoms with Crippen LogP contribution in [0.1, 0.15) is 31.2 Å². The van der Waals surface area contributed by atoms with Gasteiger partial charge in [0.1, 0.15) is 0 Å². The van der Waals surface area contributed by atoms with Crippen molar-refractivity contribution in [3.05, 3.63) is 35.9 Å². The topological polar surface area (TPSA) is 67.2 Å². The van der Waals surface area contributed by atoms with Crippen molar-refractivity contribution in [2.75, 3.05) is 0 Å². The van der Waals surface area contributed by atoms with Gasteiger partial charge in [-0.05, 0) is 30.1 Å². The Labute approximate surface area is 107 Å². The Bertz CT molecular complexity index is 381. The molecule has 0 aliphatic carbocycles. The predicted molar refractivity (Wildman–Crippen MR) is 72.2 cm³/mol. The molecule has 0 bridgehead atoms. The molecule has 17 heavy (non-hydrogen) atoms. The van der Waals surface area contributed by atoms with Gasteiger partial charge < -0.3 is 5.73 Å². The highest BCUT2D eigenvalue weighted by Crippen LogP contribution is 2.19. The summed E-state index contributed by atoms with van der Waals surface area (Å²) in [6.07, 6.45) is 1.22. The summed E-state index contributed by atoms with van der Waals surface area (Å²) in [5, 5.41) is 0.0643. The second-order valence-corrected chi connectivity index (χ2v) is 4.33. The van der Waals surface area contributed by atoms with Crippen LogP contribution in [0.4, 0.5) is 0 Å². The Balaban J connectivity index is 2.31. The monoisotopic (exact) mass is 251 g/mol. The number of thiocarbonyl (C=S) groups is 1. The van der Waals surface area contributed by atoms with E-state index in [0.29, 0.717) is 12.3 Å². The zero-order valence-corrected chi connectivity index (χ0v) is 10.6. The zero-order chi connectivity index (χ0) is 12.7. The van der Waals surface area contributed by atoms with Crippen LogP contribution < -0.4 is 16.6 Å². The van der Waals surface area contributed by atoms with Crippen LogP contribution >= 0.6 is 12.2 Å². The predicted octanol–water partition coefficient (Wildman–Crippen LogP) is 1.43. The standard InChI is InChI=1S/C12H17N3OS/c1-9(10-5-3-2-4-6-10)7-8-11(16)14-15-12(13)17/h2-6,9H,7-8H2,1H3,(H,14,16)(H3,13,15,17). The SMILES string of the molecule is CC(CCC(=O)NNC(N)=S)c1ccccc1. The molecule has 0 fully saturated rings. The smallest absolute Gasteiger partial charge is 0.238 e. The summed E-state index contributed by atoms with van der Waals surface area (Å²) in [4.78, 5) is 11.4. The highest BCUT2D eigenvalue weighted by Gasteiger charge is 2.08. The van der Waals surface area contributed by atoms with E-state index in [4.69, 9.17) is 5.73 Å². The van der Waals surface area contributed by atoms with Crippen molar-refractivity contribution < 1.29 is 4.79 Å². The largest absolute Gasteiger partial charge is 0.375 e. The van der Waals surface area contributed by atoms with Gasteiger partial charge in [-0.15, -0.1) is 0 Å². The van der Waals surface area contributed by atoms with Crippen LogP contribution in [0.3, 0.4) is 0 Å². The second-order valence-electron chi connectivity index (χ2n) is 3.89. The van der Waals surface area contributed by atoms with E-state index in [0.717, 1.165) is 6.42 Å². The first kappa shape index (κ1) is 13.4. The summed E-state index contributed by atoms with van der Waals surface area (Å²) in [5.41, 5.74) is 11.3. The van der Waals surface area contributed by atoms with Gasteiger partial charge in [-0.2, -0.15) is 0 Å². The molecule has 4 nitrogen and oxygen atoms in total. The van der Waals surface area contributed by atoms with Gasteiger partial charge in [-0.25, -0.2) is 0 Å². The molecule has 0 saturated heterocycles. The molecule has 0 aromatic heterocycles. The van der Waals surface area contributed by atoms with E-state index in [1.807, 2.05) is 18.2 Å². The van der Waals surface area contributed by atoms with E-state index >= 15 is 0 Å². The first-order valence-electron chi connectivity index (χ1n) is 5.49. The highest BCUT2D eigenvalue weighted by atomic mass is 32.1. The van der Waals surface area contributed by atoms with Crippen molar-refractivity contribution in [3.8, 4) is 0 Å². The molecule has 1 aromatic rings. The lowest BCUT2D eigenvalue weighted by Crippen LogP contribution is -2.44. The van der Waals surface area contributed by atoms with E-state index < -0.39 is 0 Å². The minimum absolute atomic E-state index is 0.0643. The second kappa shape index (κ2) is 6.85. The number of carbonyl (C=O) groups excluding carboxylic acids is 1. The normalized spacial score (nSPS) is 11.6. The molecule has 0 heterocycles. The Morgan fingerprint density at radius 1 is 1.35 bits per heavy atom. The number of nitrogens with two attached hydrogens (primary N) is 1. The maximum absolute atomic E-state index is 11.4. The molecule has 1 rings (SSSR count). The zero-order valence-electron chi connectivity index (χ0n) is 9.77. The van der Waals surface area contributed by atoms with Gasteiger partial charge in [-0.1, -0.05) is 37.3 Å². The van der Waals surface area contributed by atoms with Gasteiger partial charge in [0.2, 0.25) is 5.91 Å². The summed E-state index contributed by atoms with van der Waals surface area (Å²) in [5.74, 6) is 0.243. The fraction of sp³-hybridized carbons (Fsp3) is 0.333. The first-order chi connectivity index (χ1) is 8.09. The number of carbonyl (C=O) groups is 1. The van der Waals surface area contributed by atoms with Gasteiger partial charge in [0, 0.05) is 6.42 Å². The van der Waals surface area contributed by atoms with Crippen LogP contribution in [0.5, 0.6) is 0 Å². The van der Waals surface area contributed by atoms with Gasteiger partial charge in [-0.3, -0.25) is 15.6 Å². The van der Waals surface area contributed by atoms with Crippen LogP contribution in [-0.2, 0) is 4.79 Å². The lowest BCUT2D eigenvalue weighted by molar-refractivity contribution is -0.121. The quantitative estimate of drug-likeness (QED) is 0.559. The van der Waals surface area contributed by atoms with E-state index in [2.05, 4.69) is 42.1 Å². The minimum Gasteiger partial charge on any atom is -0.375 e. The summed E-state index contributed by atoms with van der Waals surface area (Å²) in [6.45, 7) is 2.10. The molecule has 0 aliphatic rings. The summed E-state index contributed by atoms with van der Waals surface area (Å²) >= 11 is 4.58. The molecule has 0 spiro atoms. The molecule has 4 N–H and O–H groups in total. The molecule has 0 aliphatic heterocycles. The van der Waals surface area contributed by atoms with E-state index in [-0.39, 0.29) is 11.0 Å². The van der Waals surface area contributed by atoms with Crippen molar-refractivity contribution in [1.29, 1.82) is 0 Å². The average Bonchev–Trinajstić information content (AvgIpc) is 2.34. The van der Waals surface area contributed by atoms with Gasteiger partial charge in [0.15, 0.2) is 5.11 Å². The Hall–Kier alpha value is -1.62. The van der Waals surface area contributed by atoms with Crippen molar-refractivity contribution in [2.45, 2.75) is 25.7 Å². The number of hydrogen-bond acceptors (Lipinski definition) is 2. The molecule has 1 unspecified atom stereocenters. The van der Waals surface area contributed by atoms with Gasteiger partial charge in [0.05, 0.1) is 0 Å². The number of benzene rings is 1. The van der Waals surface area contributed by atoms with Crippen LogP contribution in [0.25, 0.3) is 0 Å². The average molecular weight is 251 g/mol. The third-order valence-electron chi connectivity index (χ3n) is 2.50. The maximum Gasteiger partial charge on any atom is 0.238 e. The van der Waals surface area contributed by atoms with Crippen molar-refractivity contribution in [3.63, 3.8) is 0 Å². The highest BCUT2D eigenvalue weighted by molar-refractivity contribution is 7.80. The number of rotatable bonds is 4. The van der Waals surface area contributed by atoms with Crippen molar-refractivity contribution in [1.82, 2.24) is 10.9 Å². The van der Waals surface area contributed by atoms with Crippen LogP contribution in [-0.4, -0.2) is 11.0 Å². The molecular formula is C12H17N3OS. The third kappa shape index (κ3) is 5.31. The lowest BCUT2D eigenvalue weighted by Gasteiger charge is -2.11. The molecule has 0 radical (unpaired) electrons. The first-order valence-corrected chi connectivity index (χ1v) is 5.89. The number of amides is 1. The Morgan fingerprint density at radius 3 is 2.59 bits per heavy atom. The summed E-state index contributed by atoms with van der Waals surface area (Å²) in [7, 11) is 0. The van der Waals surface area contributed by atoms with E-state index in [1.54, 1.807) is 0 Å². The molecular weight excluding hydrogens is 234 g/mol. The number of hydrogen-bond donors (Lipinski definition) is 3. The van der Waals surface area contributed by atoms with Crippen molar-refractivity contribution >= 4 is 23.2 Å². The van der Waals surface area contributed by atoms with Crippen LogP contribution in [0, 0.1) is 0 Å². The third-order valence-corrected chi connectivity index (χ3v) is 2.60. The van der Waals surface area contributed by atoms with Gasteiger partial charge in [0.25, 0.3) is 0 Å². The molecule has 1 atom stereocenters. The molecule has 0 saturated carbocycles. The van der Waals surface area contributed by atoms with Gasteiger partial charge >= 0.3 is 0 Å². The Morgan fingerprint density at radius 2 is 2.00 bits per heavy atom. The van der Waals surface area contributed by atoms with E-state index in [9.17, 15) is 4.79 Å². The molecule has 92 valence electrons. The number of hydrazine groups is 1. The van der Waals surface area contributed by atoms with Crippen LogP contribution in [0.2, 0.25) is 0 Å².